The number of sulfonamides is 1. The van der Waals surface area contributed by atoms with Gasteiger partial charge in [0, 0.05) is 6.04 Å². The second kappa shape index (κ2) is 6.54. The fourth-order valence-corrected chi connectivity index (χ4v) is 3.40. The van der Waals surface area contributed by atoms with E-state index in [0.29, 0.717) is 12.5 Å². The molecular weight excluding hydrogens is 308 g/mol. The van der Waals surface area contributed by atoms with Gasteiger partial charge < -0.3 is 0 Å². The van der Waals surface area contributed by atoms with Crippen LogP contribution in [0.25, 0.3) is 0 Å². The number of aryl methyl sites for hydroxylation is 1. The minimum atomic E-state index is -3.93. The lowest BCUT2D eigenvalue weighted by Crippen LogP contribution is -2.28. The van der Waals surface area contributed by atoms with E-state index in [-0.39, 0.29) is 4.90 Å². The first-order chi connectivity index (χ1) is 10.3. The third kappa shape index (κ3) is 3.69. The Kier molecular flexibility index (Phi) is 4.93. The molecule has 0 aliphatic heterocycles. The standard InChI is InChI=1S/C16H17F2NO2S/c1-3-16(12-6-4-11(2)5-7-12)19-22(20,21)13-8-9-14(17)15(18)10-13/h4-10,16,19H,3H2,1-2H3/t16-/m1/s1. The van der Waals surface area contributed by atoms with Crippen molar-refractivity contribution in [3.05, 3.63) is 65.2 Å². The highest BCUT2D eigenvalue weighted by molar-refractivity contribution is 7.89. The Morgan fingerprint density at radius 1 is 1.05 bits per heavy atom. The molecule has 2 rings (SSSR count). The van der Waals surface area contributed by atoms with Crippen molar-refractivity contribution in [2.75, 3.05) is 0 Å². The smallest absolute Gasteiger partial charge is 0.207 e. The summed E-state index contributed by atoms with van der Waals surface area (Å²) in [7, 11) is -3.93. The number of rotatable bonds is 5. The Balaban J connectivity index is 2.29. The van der Waals surface area contributed by atoms with Gasteiger partial charge in [0.2, 0.25) is 10.0 Å². The fourth-order valence-electron chi connectivity index (χ4n) is 2.09. The highest BCUT2D eigenvalue weighted by atomic mass is 32.2. The van der Waals surface area contributed by atoms with Crippen molar-refractivity contribution in [2.45, 2.75) is 31.2 Å². The van der Waals surface area contributed by atoms with Gasteiger partial charge in [0.1, 0.15) is 0 Å². The van der Waals surface area contributed by atoms with Crippen LogP contribution in [0.2, 0.25) is 0 Å². The quantitative estimate of drug-likeness (QED) is 0.911. The molecule has 0 radical (unpaired) electrons. The van der Waals surface area contributed by atoms with E-state index in [0.717, 1.165) is 23.3 Å². The molecule has 3 nitrogen and oxygen atoms in total. The van der Waals surface area contributed by atoms with E-state index in [2.05, 4.69) is 4.72 Å². The molecule has 0 amide bonds. The predicted octanol–water partition coefficient (Wildman–Crippen LogP) is 3.70. The second-order valence-corrected chi connectivity index (χ2v) is 6.78. The van der Waals surface area contributed by atoms with Crippen LogP contribution in [0.1, 0.15) is 30.5 Å². The first-order valence-electron chi connectivity index (χ1n) is 6.87. The van der Waals surface area contributed by atoms with E-state index in [9.17, 15) is 17.2 Å². The number of hydrogen-bond donors (Lipinski definition) is 1. The Bertz CT molecular complexity index is 758. The van der Waals surface area contributed by atoms with Crippen molar-refractivity contribution in [1.29, 1.82) is 0 Å². The van der Waals surface area contributed by atoms with Gasteiger partial charge in [0.25, 0.3) is 0 Å². The zero-order valence-corrected chi connectivity index (χ0v) is 13.1. The molecule has 1 N–H and O–H groups in total. The second-order valence-electron chi connectivity index (χ2n) is 5.07. The van der Waals surface area contributed by atoms with Gasteiger partial charge in [0.05, 0.1) is 4.90 Å². The van der Waals surface area contributed by atoms with Crippen molar-refractivity contribution in [2.24, 2.45) is 0 Å². The van der Waals surface area contributed by atoms with Crippen molar-refractivity contribution < 1.29 is 17.2 Å². The summed E-state index contributed by atoms with van der Waals surface area (Å²) in [5.41, 5.74) is 1.89. The molecule has 2 aromatic rings. The van der Waals surface area contributed by atoms with E-state index < -0.39 is 27.7 Å². The van der Waals surface area contributed by atoms with Gasteiger partial charge in [-0.3, -0.25) is 0 Å². The molecule has 0 saturated carbocycles. The molecule has 0 aliphatic rings. The van der Waals surface area contributed by atoms with Crippen LogP contribution in [0.5, 0.6) is 0 Å². The average molecular weight is 325 g/mol. The molecule has 0 fully saturated rings. The van der Waals surface area contributed by atoms with Crippen LogP contribution in [0.4, 0.5) is 8.78 Å². The predicted molar refractivity (Wildman–Crippen MR) is 80.9 cm³/mol. The van der Waals surface area contributed by atoms with E-state index >= 15 is 0 Å². The fraction of sp³-hybridized carbons (Fsp3) is 0.250. The minimum Gasteiger partial charge on any atom is -0.207 e. The van der Waals surface area contributed by atoms with Crippen molar-refractivity contribution in [3.8, 4) is 0 Å². The lowest BCUT2D eigenvalue weighted by Gasteiger charge is -2.18. The topological polar surface area (TPSA) is 46.2 Å². The molecule has 2 aromatic carbocycles. The van der Waals surface area contributed by atoms with Gasteiger partial charge >= 0.3 is 0 Å². The molecule has 0 aliphatic carbocycles. The SMILES string of the molecule is CC[C@@H](NS(=O)(=O)c1ccc(F)c(F)c1)c1ccc(C)cc1. The number of halogens is 2. The third-order valence-electron chi connectivity index (χ3n) is 3.39. The molecule has 0 saturated heterocycles. The highest BCUT2D eigenvalue weighted by Crippen LogP contribution is 2.21. The van der Waals surface area contributed by atoms with E-state index in [1.807, 2.05) is 38.1 Å². The highest BCUT2D eigenvalue weighted by Gasteiger charge is 2.21. The van der Waals surface area contributed by atoms with Crippen LogP contribution in [0.15, 0.2) is 47.4 Å². The summed E-state index contributed by atoms with van der Waals surface area (Å²) in [6, 6.07) is 9.57. The maximum atomic E-state index is 13.2. The molecule has 1 atom stereocenters. The van der Waals surface area contributed by atoms with Gasteiger partial charge in [-0.1, -0.05) is 36.8 Å². The monoisotopic (exact) mass is 325 g/mol. The van der Waals surface area contributed by atoms with Gasteiger partial charge in [-0.25, -0.2) is 21.9 Å². The summed E-state index contributed by atoms with van der Waals surface area (Å²) in [6.45, 7) is 3.79. The van der Waals surface area contributed by atoms with Crippen LogP contribution in [0.3, 0.4) is 0 Å². The Hall–Kier alpha value is -1.79. The maximum absolute atomic E-state index is 13.2. The van der Waals surface area contributed by atoms with Gasteiger partial charge in [-0.15, -0.1) is 0 Å². The normalized spacial score (nSPS) is 13.1. The van der Waals surface area contributed by atoms with Crippen LogP contribution in [-0.4, -0.2) is 8.42 Å². The summed E-state index contributed by atoms with van der Waals surface area (Å²) < 4.78 is 53.3. The molecular formula is C16H17F2NO2S. The summed E-state index contributed by atoms with van der Waals surface area (Å²) in [5.74, 6) is -2.27. The Morgan fingerprint density at radius 3 is 2.23 bits per heavy atom. The lowest BCUT2D eigenvalue weighted by atomic mass is 10.0. The summed E-state index contributed by atoms with van der Waals surface area (Å²) in [4.78, 5) is -0.294. The van der Waals surface area contributed by atoms with Crippen molar-refractivity contribution in [3.63, 3.8) is 0 Å². The van der Waals surface area contributed by atoms with Crippen LogP contribution in [0, 0.1) is 18.6 Å². The zero-order valence-electron chi connectivity index (χ0n) is 12.3. The molecule has 0 unspecified atom stereocenters. The molecule has 0 spiro atoms. The third-order valence-corrected chi connectivity index (χ3v) is 4.86. The molecule has 118 valence electrons. The van der Waals surface area contributed by atoms with E-state index in [4.69, 9.17) is 0 Å². The Labute approximate surface area is 129 Å². The molecule has 22 heavy (non-hydrogen) atoms. The average Bonchev–Trinajstić information content (AvgIpc) is 2.48. The summed E-state index contributed by atoms with van der Waals surface area (Å²) in [6.07, 6.45) is 0.534. The Morgan fingerprint density at radius 2 is 1.68 bits per heavy atom. The summed E-state index contributed by atoms with van der Waals surface area (Å²) in [5, 5.41) is 0. The van der Waals surface area contributed by atoms with Gasteiger partial charge in [-0.05, 0) is 37.1 Å². The number of nitrogens with one attached hydrogen (secondary N) is 1. The van der Waals surface area contributed by atoms with Gasteiger partial charge in [-0.2, -0.15) is 0 Å². The lowest BCUT2D eigenvalue weighted by molar-refractivity contribution is 0.503. The zero-order chi connectivity index (χ0) is 16.3. The molecule has 0 bridgehead atoms. The largest absolute Gasteiger partial charge is 0.241 e. The summed E-state index contributed by atoms with van der Waals surface area (Å²) >= 11 is 0. The van der Waals surface area contributed by atoms with Crippen LogP contribution < -0.4 is 4.72 Å². The maximum Gasteiger partial charge on any atom is 0.241 e. The van der Waals surface area contributed by atoms with E-state index in [1.54, 1.807) is 0 Å². The van der Waals surface area contributed by atoms with Gasteiger partial charge in [0.15, 0.2) is 11.6 Å². The number of hydrogen-bond acceptors (Lipinski definition) is 2. The first kappa shape index (κ1) is 16.6. The molecule has 0 heterocycles. The van der Waals surface area contributed by atoms with E-state index in [1.165, 1.54) is 0 Å². The first-order valence-corrected chi connectivity index (χ1v) is 8.35. The van der Waals surface area contributed by atoms with Crippen molar-refractivity contribution in [1.82, 2.24) is 4.72 Å². The molecule has 0 aromatic heterocycles. The van der Waals surface area contributed by atoms with Crippen LogP contribution >= 0.6 is 0 Å². The van der Waals surface area contributed by atoms with Crippen LogP contribution in [-0.2, 0) is 10.0 Å². The molecule has 6 heteroatoms. The number of benzene rings is 2. The minimum absolute atomic E-state index is 0.294. The van der Waals surface area contributed by atoms with Crippen molar-refractivity contribution >= 4 is 10.0 Å².